The summed E-state index contributed by atoms with van der Waals surface area (Å²) in [5.41, 5.74) is 10.1. The van der Waals surface area contributed by atoms with Crippen molar-refractivity contribution in [2.75, 3.05) is 33.1 Å². The molecule has 1 heterocycles. The topological polar surface area (TPSA) is 47.7 Å². The second-order valence-electron chi connectivity index (χ2n) is 8.21. The van der Waals surface area contributed by atoms with E-state index in [1.54, 1.807) is 14.0 Å². The number of ether oxygens (including phenoxy) is 2. The number of nitrogens with zero attached hydrogens (tertiary/aromatic N) is 1. The predicted molar refractivity (Wildman–Crippen MR) is 119 cm³/mol. The maximum Gasteiger partial charge on any atom is 0.144 e. The lowest BCUT2D eigenvalue weighted by molar-refractivity contribution is 0.00191. The highest BCUT2D eigenvalue weighted by Crippen LogP contribution is 2.44. The molecule has 0 radical (unpaired) electrons. The Morgan fingerprint density at radius 2 is 1.93 bits per heavy atom. The van der Waals surface area contributed by atoms with E-state index < -0.39 is 5.67 Å². The van der Waals surface area contributed by atoms with Crippen molar-refractivity contribution in [3.63, 3.8) is 0 Å². The molecule has 0 bridgehead atoms. The van der Waals surface area contributed by atoms with Gasteiger partial charge in [0.2, 0.25) is 0 Å². The number of nitrogens with two attached hydrogens (primary N) is 1. The molecule has 0 fully saturated rings. The Morgan fingerprint density at radius 3 is 2.59 bits per heavy atom. The van der Waals surface area contributed by atoms with Gasteiger partial charge in [0.1, 0.15) is 11.4 Å². The van der Waals surface area contributed by atoms with Crippen molar-refractivity contribution in [1.82, 2.24) is 4.90 Å². The van der Waals surface area contributed by atoms with Crippen molar-refractivity contribution in [3.05, 3.63) is 57.1 Å². The number of rotatable bonds is 6. The smallest absolute Gasteiger partial charge is 0.144 e. The Balaban J connectivity index is 2.19. The van der Waals surface area contributed by atoms with E-state index in [-0.39, 0.29) is 25.2 Å². The van der Waals surface area contributed by atoms with Crippen molar-refractivity contribution in [1.29, 1.82) is 0 Å². The molecule has 3 atom stereocenters. The Morgan fingerprint density at radius 1 is 1.24 bits per heavy atom. The number of hydrogen-bond donors (Lipinski definition) is 1. The normalized spacial score (nSPS) is 21.5. The molecule has 29 heavy (non-hydrogen) atoms. The van der Waals surface area contributed by atoms with Gasteiger partial charge in [-0.1, -0.05) is 28.1 Å². The van der Waals surface area contributed by atoms with Gasteiger partial charge in [-0.3, -0.25) is 4.90 Å². The van der Waals surface area contributed by atoms with Crippen LogP contribution >= 0.6 is 15.9 Å². The van der Waals surface area contributed by atoms with Crippen LogP contribution < -0.4 is 10.5 Å². The predicted octanol–water partition coefficient (Wildman–Crippen LogP) is 5.06. The molecule has 2 aromatic rings. The van der Waals surface area contributed by atoms with Gasteiger partial charge >= 0.3 is 0 Å². The zero-order valence-electron chi connectivity index (χ0n) is 17.8. The zero-order chi connectivity index (χ0) is 21.3. The van der Waals surface area contributed by atoms with Crippen molar-refractivity contribution in [2.24, 2.45) is 0 Å². The summed E-state index contributed by atoms with van der Waals surface area (Å²) in [6, 6.07) is 10.0. The third-order valence-electron chi connectivity index (χ3n) is 5.82. The fourth-order valence-electron chi connectivity index (χ4n) is 4.40. The van der Waals surface area contributed by atoms with E-state index in [9.17, 15) is 0 Å². The number of alkyl halides is 1. The first-order valence-electron chi connectivity index (χ1n) is 9.83. The minimum atomic E-state index is -1.47. The van der Waals surface area contributed by atoms with Crippen LogP contribution in [0.2, 0.25) is 0 Å². The van der Waals surface area contributed by atoms with E-state index in [0.29, 0.717) is 0 Å². The summed E-state index contributed by atoms with van der Waals surface area (Å²) in [5, 5.41) is 0. The summed E-state index contributed by atoms with van der Waals surface area (Å²) in [7, 11) is 3.20. The van der Waals surface area contributed by atoms with Gasteiger partial charge in [0.25, 0.3) is 0 Å². The maximum atomic E-state index is 15.3. The van der Waals surface area contributed by atoms with Crippen LogP contribution in [-0.4, -0.2) is 44.0 Å². The van der Waals surface area contributed by atoms with Gasteiger partial charge in [-0.15, -0.1) is 0 Å². The molecule has 0 saturated heterocycles. The first-order valence-corrected chi connectivity index (χ1v) is 10.6. The average molecular weight is 465 g/mol. The molecule has 2 unspecified atom stereocenters. The lowest BCUT2D eigenvalue weighted by Gasteiger charge is -2.45. The van der Waals surface area contributed by atoms with Crippen LogP contribution in [0.4, 0.5) is 10.1 Å². The Bertz CT molecular complexity index is 887. The molecule has 0 saturated carbocycles. The van der Waals surface area contributed by atoms with E-state index in [2.05, 4.69) is 46.8 Å². The van der Waals surface area contributed by atoms with E-state index >= 15 is 4.39 Å². The third kappa shape index (κ3) is 4.44. The zero-order valence-corrected chi connectivity index (χ0v) is 19.3. The molecular weight excluding hydrogens is 435 g/mol. The van der Waals surface area contributed by atoms with Gasteiger partial charge in [0.15, 0.2) is 0 Å². The molecular formula is C23H30BrFN2O2. The van der Waals surface area contributed by atoms with E-state index in [1.807, 2.05) is 18.2 Å². The summed E-state index contributed by atoms with van der Waals surface area (Å²) >= 11 is 3.52. The van der Waals surface area contributed by atoms with E-state index in [4.69, 9.17) is 15.2 Å². The molecule has 0 aliphatic carbocycles. The monoisotopic (exact) mass is 464 g/mol. The molecule has 0 amide bonds. The number of nitrogen functional groups attached to an aromatic ring is 1. The van der Waals surface area contributed by atoms with Crippen molar-refractivity contribution < 1.29 is 13.9 Å². The first kappa shape index (κ1) is 22.1. The van der Waals surface area contributed by atoms with Gasteiger partial charge in [-0.05, 0) is 62.1 Å². The van der Waals surface area contributed by atoms with Crippen molar-refractivity contribution >= 4 is 21.6 Å². The van der Waals surface area contributed by atoms with Gasteiger partial charge in [-0.2, -0.15) is 0 Å². The number of hydrogen-bond acceptors (Lipinski definition) is 4. The third-order valence-corrected chi connectivity index (χ3v) is 6.31. The minimum Gasteiger partial charge on any atom is -0.496 e. The van der Waals surface area contributed by atoms with E-state index in [1.165, 1.54) is 12.7 Å². The quantitative estimate of drug-likeness (QED) is 0.606. The molecule has 1 aliphatic rings. The minimum absolute atomic E-state index is 0.0496. The molecule has 0 aromatic heterocycles. The Labute approximate surface area is 181 Å². The van der Waals surface area contributed by atoms with Gasteiger partial charge in [-0.25, -0.2) is 4.39 Å². The van der Waals surface area contributed by atoms with Crippen LogP contribution in [0, 0.1) is 6.92 Å². The van der Waals surface area contributed by atoms with Gasteiger partial charge in [0, 0.05) is 35.4 Å². The lowest BCUT2D eigenvalue weighted by Crippen LogP contribution is -2.50. The maximum absolute atomic E-state index is 15.3. The van der Waals surface area contributed by atoms with Crippen LogP contribution in [0.25, 0.3) is 0 Å². The standard InChI is InChI=1S/C23H30BrFN2O2/c1-14-10-19-15(2)20(26)9-8-17(19)22(27(14)12-23(3,25)13-28-4)18-7-6-16(24)11-21(18)29-5/h6-9,11,14,22H,10,12-13,26H2,1-5H3/t14-,22?,23?/m1/s1. The molecule has 2 aromatic carbocycles. The number of anilines is 1. The highest BCUT2D eigenvalue weighted by Gasteiger charge is 2.39. The second kappa shape index (κ2) is 8.62. The number of methoxy groups -OCH3 is 2. The van der Waals surface area contributed by atoms with Crippen LogP contribution in [0.15, 0.2) is 34.8 Å². The first-order chi connectivity index (χ1) is 13.7. The van der Waals surface area contributed by atoms with Gasteiger partial charge in [0.05, 0.1) is 19.8 Å². The highest BCUT2D eigenvalue weighted by molar-refractivity contribution is 9.10. The molecule has 0 spiro atoms. The number of fused-ring (bicyclic) bond motifs is 1. The van der Waals surface area contributed by atoms with Crippen LogP contribution in [0.3, 0.4) is 0 Å². The summed E-state index contributed by atoms with van der Waals surface area (Å²) < 4.78 is 27.1. The summed E-state index contributed by atoms with van der Waals surface area (Å²) in [6.45, 7) is 6.12. The van der Waals surface area contributed by atoms with Crippen molar-refractivity contribution in [3.8, 4) is 5.75 Å². The number of halogens is 2. The largest absolute Gasteiger partial charge is 0.496 e. The van der Waals surface area contributed by atoms with Crippen LogP contribution in [-0.2, 0) is 11.2 Å². The van der Waals surface area contributed by atoms with Crippen LogP contribution in [0.1, 0.15) is 42.1 Å². The second-order valence-corrected chi connectivity index (χ2v) is 9.12. The molecule has 2 N–H and O–H groups in total. The molecule has 158 valence electrons. The summed E-state index contributed by atoms with van der Waals surface area (Å²) in [4.78, 5) is 2.22. The fourth-order valence-corrected chi connectivity index (χ4v) is 4.74. The lowest BCUT2D eigenvalue weighted by atomic mass is 9.81. The number of benzene rings is 2. The summed E-state index contributed by atoms with van der Waals surface area (Å²) in [6.07, 6.45) is 0.824. The molecule has 1 aliphatic heterocycles. The fraction of sp³-hybridized carbons (Fsp3) is 0.478. The van der Waals surface area contributed by atoms with Crippen molar-refractivity contribution in [2.45, 2.75) is 44.9 Å². The molecule has 4 nitrogen and oxygen atoms in total. The summed E-state index contributed by atoms with van der Waals surface area (Å²) in [5.74, 6) is 0.774. The molecule has 6 heteroatoms. The SMILES string of the molecule is COCC(C)(F)CN1C(c2ccc(Br)cc2OC)c2ccc(N)c(C)c2C[C@H]1C. The Hall–Kier alpha value is -1.63. The van der Waals surface area contributed by atoms with E-state index in [0.717, 1.165) is 39.0 Å². The van der Waals surface area contributed by atoms with Crippen LogP contribution in [0.5, 0.6) is 5.75 Å². The highest BCUT2D eigenvalue weighted by atomic mass is 79.9. The average Bonchev–Trinajstić information content (AvgIpc) is 2.66. The Kier molecular flexibility index (Phi) is 6.56. The van der Waals surface area contributed by atoms with Gasteiger partial charge < -0.3 is 15.2 Å². The molecule has 3 rings (SSSR count).